The van der Waals surface area contributed by atoms with E-state index in [0.717, 1.165) is 4.43 Å². The fraction of sp³-hybridized carbons (Fsp3) is 0.333. The quantitative estimate of drug-likeness (QED) is 0.635. The van der Waals surface area contributed by atoms with Gasteiger partial charge in [-0.3, -0.25) is 0 Å². The van der Waals surface area contributed by atoms with Gasteiger partial charge in [0.2, 0.25) is 5.75 Å². The largest absolute Gasteiger partial charge is 0.504 e. The molecule has 3 nitrogen and oxygen atoms in total. The van der Waals surface area contributed by atoms with Gasteiger partial charge in [-0.2, -0.15) is 0 Å². The summed E-state index contributed by atoms with van der Waals surface area (Å²) in [6, 6.07) is 5.12. The van der Waals surface area contributed by atoms with E-state index in [-0.39, 0.29) is 11.9 Å². The van der Waals surface area contributed by atoms with Crippen molar-refractivity contribution in [3.63, 3.8) is 0 Å². The number of hydrogen-bond donors (Lipinski definition) is 1. The number of alkyl halides is 1. The number of halogens is 1. The van der Waals surface area contributed by atoms with Gasteiger partial charge in [-0.15, -0.1) is 0 Å². The molecule has 70 valence electrons. The van der Waals surface area contributed by atoms with Crippen LogP contribution in [0.4, 0.5) is 0 Å². The van der Waals surface area contributed by atoms with Crippen molar-refractivity contribution in [3.05, 3.63) is 18.2 Å². The van der Waals surface area contributed by atoms with Gasteiger partial charge in [-0.1, -0.05) is 28.7 Å². The predicted octanol–water partition coefficient (Wildman–Crippen LogP) is 1.97. The predicted molar refractivity (Wildman–Crippen MR) is 56.9 cm³/mol. The van der Waals surface area contributed by atoms with Crippen LogP contribution in [-0.4, -0.2) is 22.2 Å². The minimum absolute atomic E-state index is 0.0430. The molecular weight excluding hydrogens is 283 g/mol. The fourth-order valence-electron chi connectivity index (χ4n) is 1.20. The number of hydrogen-bond acceptors (Lipinski definition) is 3. The molecule has 0 fully saturated rings. The zero-order valence-corrected chi connectivity index (χ0v) is 9.02. The maximum atomic E-state index is 9.46. The third kappa shape index (κ3) is 1.67. The molecule has 0 unspecified atom stereocenters. The summed E-state index contributed by atoms with van der Waals surface area (Å²) in [5.74, 6) is 1.24. The van der Waals surface area contributed by atoms with Gasteiger partial charge >= 0.3 is 0 Å². The number of fused-ring (bicyclic) bond motifs is 1. The number of benzene rings is 1. The van der Waals surface area contributed by atoms with E-state index in [4.69, 9.17) is 9.47 Å². The summed E-state index contributed by atoms with van der Waals surface area (Å²) in [7, 11) is 0. The van der Waals surface area contributed by atoms with Gasteiger partial charge < -0.3 is 14.6 Å². The summed E-state index contributed by atoms with van der Waals surface area (Å²) in [4.78, 5) is 0. The molecule has 1 heterocycles. The molecule has 0 saturated heterocycles. The topological polar surface area (TPSA) is 38.7 Å². The Bertz CT molecular complexity index is 314. The maximum Gasteiger partial charge on any atom is 0.203 e. The van der Waals surface area contributed by atoms with Crippen LogP contribution in [0.15, 0.2) is 18.2 Å². The molecule has 0 amide bonds. The first-order valence-electron chi connectivity index (χ1n) is 3.98. The number of ether oxygens (including phenoxy) is 2. The molecular formula is C9H9IO3. The fourth-order valence-corrected chi connectivity index (χ4v) is 1.63. The highest BCUT2D eigenvalue weighted by Crippen LogP contribution is 2.39. The van der Waals surface area contributed by atoms with E-state index in [9.17, 15) is 5.11 Å². The molecule has 0 aromatic heterocycles. The first-order chi connectivity index (χ1) is 6.31. The van der Waals surface area contributed by atoms with E-state index in [1.54, 1.807) is 18.2 Å². The molecule has 1 aliphatic rings. The Morgan fingerprint density at radius 3 is 3.15 bits per heavy atom. The Balaban J connectivity index is 2.32. The normalized spacial score (nSPS) is 19.9. The Labute approximate surface area is 89.8 Å². The lowest BCUT2D eigenvalue weighted by molar-refractivity contribution is 0.105. The number of rotatable bonds is 1. The molecule has 1 N–H and O–H groups in total. The summed E-state index contributed by atoms with van der Waals surface area (Å²) < 4.78 is 11.8. The highest BCUT2D eigenvalue weighted by atomic mass is 127. The lowest BCUT2D eigenvalue weighted by Crippen LogP contribution is -2.30. The molecule has 1 atom stereocenters. The Kier molecular flexibility index (Phi) is 2.48. The minimum Gasteiger partial charge on any atom is -0.504 e. The zero-order chi connectivity index (χ0) is 9.26. The highest BCUT2D eigenvalue weighted by Gasteiger charge is 2.22. The monoisotopic (exact) mass is 292 g/mol. The number of phenols is 1. The van der Waals surface area contributed by atoms with Crippen LogP contribution in [-0.2, 0) is 0 Å². The second-order valence-corrected chi connectivity index (χ2v) is 3.69. The average molecular weight is 292 g/mol. The molecule has 0 aliphatic carbocycles. The van der Waals surface area contributed by atoms with E-state index in [1.165, 1.54) is 0 Å². The van der Waals surface area contributed by atoms with Crippen molar-refractivity contribution < 1.29 is 14.6 Å². The molecule has 0 radical (unpaired) electrons. The van der Waals surface area contributed by atoms with Crippen molar-refractivity contribution in [1.82, 2.24) is 0 Å². The van der Waals surface area contributed by atoms with Crippen LogP contribution in [0.1, 0.15) is 0 Å². The van der Waals surface area contributed by atoms with Crippen molar-refractivity contribution in [2.75, 3.05) is 11.0 Å². The molecule has 13 heavy (non-hydrogen) atoms. The molecule has 2 rings (SSSR count). The molecule has 0 spiro atoms. The smallest absolute Gasteiger partial charge is 0.203 e. The van der Waals surface area contributed by atoms with Crippen LogP contribution in [0.3, 0.4) is 0 Å². The second-order valence-electron chi connectivity index (χ2n) is 2.81. The minimum atomic E-state index is 0.0430. The van der Waals surface area contributed by atoms with Gasteiger partial charge in [-0.05, 0) is 12.1 Å². The van der Waals surface area contributed by atoms with Gasteiger partial charge in [0.1, 0.15) is 12.7 Å². The Morgan fingerprint density at radius 1 is 1.54 bits per heavy atom. The molecule has 1 aliphatic heterocycles. The lowest BCUT2D eigenvalue weighted by Gasteiger charge is -2.25. The van der Waals surface area contributed by atoms with Crippen LogP contribution in [0.2, 0.25) is 0 Å². The van der Waals surface area contributed by atoms with Gasteiger partial charge in [0.25, 0.3) is 0 Å². The lowest BCUT2D eigenvalue weighted by atomic mass is 10.2. The van der Waals surface area contributed by atoms with E-state index >= 15 is 0 Å². The van der Waals surface area contributed by atoms with E-state index in [1.807, 2.05) is 0 Å². The molecule has 0 saturated carbocycles. The first kappa shape index (κ1) is 8.93. The van der Waals surface area contributed by atoms with Crippen LogP contribution in [0.5, 0.6) is 17.2 Å². The van der Waals surface area contributed by atoms with Gasteiger partial charge in [0.05, 0.1) is 0 Å². The average Bonchev–Trinajstić information content (AvgIpc) is 2.18. The SMILES string of the molecule is Oc1cccc2c1O[C@H](CI)CO2. The van der Waals surface area contributed by atoms with Gasteiger partial charge in [0.15, 0.2) is 11.5 Å². The van der Waals surface area contributed by atoms with Crippen molar-refractivity contribution in [2.45, 2.75) is 6.10 Å². The number of aromatic hydroxyl groups is 1. The second kappa shape index (κ2) is 3.61. The van der Waals surface area contributed by atoms with E-state index in [2.05, 4.69) is 22.6 Å². The van der Waals surface area contributed by atoms with Crippen molar-refractivity contribution >= 4 is 22.6 Å². The zero-order valence-electron chi connectivity index (χ0n) is 6.87. The molecule has 1 aromatic carbocycles. The van der Waals surface area contributed by atoms with Gasteiger partial charge in [-0.25, -0.2) is 0 Å². The Morgan fingerprint density at radius 2 is 2.38 bits per heavy atom. The summed E-state index contributed by atoms with van der Waals surface area (Å²) in [5.41, 5.74) is 0. The van der Waals surface area contributed by atoms with Crippen molar-refractivity contribution in [1.29, 1.82) is 0 Å². The highest BCUT2D eigenvalue weighted by molar-refractivity contribution is 14.1. The van der Waals surface area contributed by atoms with Crippen molar-refractivity contribution in [2.24, 2.45) is 0 Å². The van der Waals surface area contributed by atoms with Crippen LogP contribution >= 0.6 is 22.6 Å². The molecule has 1 aromatic rings. The third-order valence-corrected chi connectivity index (χ3v) is 2.82. The third-order valence-electron chi connectivity index (χ3n) is 1.84. The number of phenolic OH excluding ortho intramolecular Hbond substituents is 1. The van der Waals surface area contributed by atoms with Gasteiger partial charge in [0, 0.05) is 4.43 Å². The van der Waals surface area contributed by atoms with E-state index < -0.39 is 0 Å². The summed E-state index contributed by atoms with van der Waals surface area (Å²) in [6.07, 6.45) is 0.0430. The van der Waals surface area contributed by atoms with Crippen LogP contribution < -0.4 is 9.47 Å². The van der Waals surface area contributed by atoms with E-state index in [0.29, 0.717) is 18.1 Å². The summed E-state index contributed by atoms with van der Waals surface area (Å²) >= 11 is 2.23. The summed E-state index contributed by atoms with van der Waals surface area (Å²) in [6.45, 7) is 0.555. The van der Waals surface area contributed by atoms with Crippen molar-refractivity contribution in [3.8, 4) is 17.2 Å². The summed E-state index contributed by atoms with van der Waals surface area (Å²) in [5, 5.41) is 9.46. The van der Waals surface area contributed by atoms with Crippen LogP contribution in [0, 0.1) is 0 Å². The standard InChI is InChI=1S/C9H9IO3/c10-4-6-5-12-8-3-1-2-7(11)9(8)13-6/h1-3,6,11H,4-5H2/t6-/m1/s1. The molecule has 0 bridgehead atoms. The first-order valence-corrected chi connectivity index (χ1v) is 5.51. The maximum absolute atomic E-state index is 9.46. The van der Waals surface area contributed by atoms with Crippen LogP contribution in [0.25, 0.3) is 0 Å². The number of para-hydroxylation sites is 1. The Hall–Kier alpha value is -0.650. The molecule has 4 heteroatoms.